The minimum Gasteiger partial charge on any atom is -0.406 e. The molecule has 0 aliphatic heterocycles. The molecule has 2 atom stereocenters. The Hall–Kier alpha value is -0.980. The standard InChI is InChI=1S/C12H16F3NO2.ClH/c1-2-3-10(17)11(16)8-4-6-9(7-5-8)18-12(13,14)15;/h4-7,10-11,17H,2-3,16H2,1H3;1H/t10-,11+;/m1./s1. The topological polar surface area (TPSA) is 55.5 Å². The molecular formula is C12H17ClF3NO2. The van der Waals surface area contributed by atoms with Crippen molar-refractivity contribution in [2.24, 2.45) is 5.73 Å². The molecule has 0 radical (unpaired) electrons. The quantitative estimate of drug-likeness (QED) is 0.878. The summed E-state index contributed by atoms with van der Waals surface area (Å²) < 4.78 is 39.6. The SMILES string of the molecule is CCC[C@@H](O)[C@@H](N)c1ccc(OC(F)(F)F)cc1.Cl. The van der Waals surface area contributed by atoms with Gasteiger partial charge in [0.25, 0.3) is 0 Å². The zero-order valence-electron chi connectivity index (χ0n) is 10.4. The minimum absolute atomic E-state index is 0. The molecule has 3 nitrogen and oxygen atoms in total. The van der Waals surface area contributed by atoms with Crippen molar-refractivity contribution in [1.29, 1.82) is 0 Å². The molecule has 19 heavy (non-hydrogen) atoms. The van der Waals surface area contributed by atoms with Crippen LogP contribution in [0.25, 0.3) is 0 Å². The van der Waals surface area contributed by atoms with Gasteiger partial charge in [-0.05, 0) is 24.1 Å². The van der Waals surface area contributed by atoms with Crippen LogP contribution < -0.4 is 10.5 Å². The maximum Gasteiger partial charge on any atom is 0.573 e. The smallest absolute Gasteiger partial charge is 0.406 e. The van der Waals surface area contributed by atoms with E-state index in [1.165, 1.54) is 24.3 Å². The molecule has 7 heteroatoms. The average Bonchev–Trinajstić information content (AvgIpc) is 2.27. The Morgan fingerprint density at radius 3 is 2.21 bits per heavy atom. The van der Waals surface area contributed by atoms with Crippen LogP contribution in [0.4, 0.5) is 13.2 Å². The number of aliphatic hydroxyl groups is 1. The molecular weight excluding hydrogens is 283 g/mol. The van der Waals surface area contributed by atoms with Crippen molar-refractivity contribution in [2.75, 3.05) is 0 Å². The summed E-state index contributed by atoms with van der Waals surface area (Å²) in [6, 6.07) is 4.60. The van der Waals surface area contributed by atoms with Gasteiger partial charge in [-0.1, -0.05) is 25.5 Å². The van der Waals surface area contributed by atoms with E-state index in [1.807, 2.05) is 6.92 Å². The number of rotatable bonds is 5. The van der Waals surface area contributed by atoms with E-state index >= 15 is 0 Å². The van der Waals surface area contributed by atoms with Crippen molar-refractivity contribution in [3.8, 4) is 5.75 Å². The van der Waals surface area contributed by atoms with E-state index in [4.69, 9.17) is 5.73 Å². The second-order valence-electron chi connectivity index (χ2n) is 4.00. The lowest BCUT2D eigenvalue weighted by Crippen LogP contribution is -2.26. The highest BCUT2D eigenvalue weighted by Gasteiger charge is 2.31. The van der Waals surface area contributed by atoms with Crippen LogP contribution in [0.3, 0.4) is 0 Å². The van der Waals surface area contributed by atoms with Crippen LogP contribution in [0.5, 0.6) is 5.75 Å². The Morgan fingerprint density at radius 1 is 1.26 bits per heavy atom. The number of ether oxygens (including phenoxy) is 1. The second-order valence-corrected chi connectivity index (χ2v) is 4.00. The molecule has 0 aliphatic rings. The van der Waals surface area contributed by atoms with Crippen LogP contribution in [-0.4, -0.2) is 17.6 Å². The van der Waals surface area contributed by atoms with Crippen LogP contribution in [0.2, 0.25) is 0 Å². The number of aliphatic hydroxyl groups excluding tert-OH is 1. The van der Waals surface area contributed by atoms with Gasteiger partial charge >= 0.3 is 6.36 Å². The maximum atomic E-state index is 11.9. The van der Waals surface area contributed by atoms with Gasteiger partial charge in [-0.15, -0.1) is 25.6 Å². The van der Waals surface area contributed by atoms with E-state index in [0.29, 0.717) is 12.0 Å². The lowest BCUT2D eigenvalue weighted by Gasteiger charge is -2.19. The third-order valence-electron chi connectivity index (χ3n) is 2.50. The number of hydrogen-bond donors (Lipinski definition) is 2. The summed E-state index contributed by atoms with van der Waals surface area (Å²) in [5.74, 6) is -0.302. The van der Waals surface area contributed by atoms with Crippen molar-refractivity contribution >= 4 is 12.4 Å². The van der Waals surface area contributed by atoms with E-state index in [0.717, 1.165) is 6.42 Å². The number of hydrogen-bond acceptors (Lipinski definition) is 3. The predicted octanol–water partition coefficient (Wildman–Crippen LogP) is 3.17. The molecule has 0 saturated heterocycles. The molecule has 0 bridgehead atoms. The first-order chi connectivity index (χ1) is 8.33. The molecule has 1 rings (SSSR count). The largest absolute Gasteiger partial charge is 0.573 e. The molecule has 0 fully saturated rings. The van der Waals surface area contributed by atoms with Crippen molar-refractivity contribution < 1.29 is 23.0 Å². The van der Waals surface area contributed by atoms with Crippen LogP contribution in [0.15, 0.2) is 24.3 Å². The first kappa shape index (κ1) is 18.0. The van der Waals surface area contributed by atoms with E-state index < -0.39 is 18.5 Å². The normalized spacial score (nSPS) is 14.4. The van der Waals surface area contributed by atoms with Gasteiger partial charge in [0.1, 0.15) is 5.75 Å². The Kier molecular flexibility index (Phi) is 7.18. The maximum absolute atomic E-state index is 11.9. The average molecular weight is 300 g/mol. The van der Waals surface area contributed by atoms with Gasteiger partial charge < -0.3 is 15.6 Å². The fourth-order valence-electron chi connectivity index (χ4n) is 1.59. The Bertz CT molecular complexity index is 370. The van der Waals surface area contributed by atoms with Gasteiger partial charge in [0.15, 0.2) is 0 Å². The molecule has 1 aromatic carbocycles. The van der Waals surface area contributed by atoms with Crippen LogP contribution in [0, 0.1) is 0 Å². The molecule has 1 aromatic rings. The highest BCUT2D eigenvalue weighted by Crippen LogP contribution is 2.25. The zero-order chi connectivity index (χ0) is 13.8. The molecule has 0 unspecified atom stereocenters. The second kappa shape index (κ2) is 7.57. The third kappa shape index (κ3) is 6.13. The van der Waals surface area contributed by atoms with Crippen LogP contribution >= 0.6 is 12.4 Å². The van der Waals surface area contributed by atoms with E-state index in [2.05, 4.69) is 4.74 Å². The summed E-state index contributed by atoms with van der Waals surface area (Å²) in [4.78, 5) is 0. The third-order valence-corrected chi connectivity index (χ3v) is 2.50. The molecule has 0 aromatic heterocycles. The molecule has 110 valence electrons. The van der Waals surface area contributed by atoms with E-state index in [9.17, 15) is 18.3 Å². The highest BCUT2D eigenvalue weighted by atomic mass is 35.5. The van der Waals surface area contributed by atoms with Gasteiger partial charge in [-0.25, -0.2) is 0 Å². The molecule has 0 saturated carbocycles. The molecule has 0 aliphatic carbocycles. The molecule has 3 N–H and O–H groups in total. The summed E-state index contributed by atoms with van der Waals surface area (Å²) in [7, 11) is 0. The van der Waals surface area contributed by atoms with Gasteiger partial charge in [0, 0.05) is 0 Å². The summed E-state index contributed by atoms with van der Waals surface area (Å²) in [6.45, 7) is 1.91. The predicted molar refractivity (Wildman–Crippen MR) is 68.2 cm³/mol. The lowest BCUT2D eigenvalue weighted by molar-refractivity contribution is -0.274. The molecule has 0 heterocycles. The Morgan fingerprint density at radius 2 is 1.79 bits per heavy atom. The molecule has 0 amide bonds. The number of alkyl halides is 3. The van der Waals surface area contributed by atoms with Crippen molar-refractivity contribution in [3.63, 3.8) is 0 Å². The summed E-state index contributed by atoms with van der Waals surface area (Å²) in [5, 5.41) is 9.69. The fourth-order valence-corrected chi connectivity index (χ4v) is 1.59. The van der Waals surface area contributed by atoms with Gasteiger partial charge in [-0.3, -0.25) is 0 Å². The van der Waals surface area contributed by atoms with Gasteiger partial charge in [0.2, 0.25) is 0 Å². The Balaban J connectivity index is 0.00000324. The Labute approximate surface area is 116 Å². The minimum atomic E-state index is -4.70. The summed E-state index contributed by atoms with van der Waals surface area (Å²) in [5.41, 5.74) is 6.36. The van der Waals surface area contributed by atoms with Gasteiger partial charge in [-0.2, -0.15) is 0 Å². The first-order valence-electron chi connectivity index (χ1n) is 5.63. The number of nitrogens with two attached hydrogens (primary N) is 1. The zero-order valence-corrected chi connectivity index (χ0v) is 11.2. The van der Waals surface area contributed by atoms with Gasteiger partial charge in [0.05, 0.1) is 12.1 Å². The fraction of sp³-hybridized carbons (Fsp3) is 0.500. The number of benzene rings is 1. The van der Waals surface area contributed by atoms with Crippen LogP contribution in [-0.2, 0) is 0 Å². The van der Waals surface area contributed by atoms with Crippen molar-refractivity contribution in [3.05, 3.63) is 29.8 Å². The van der Waals surface area contributed by atoms with E-state index in [1.54, 1.807) is 0 Å². The molecule has 0 spiro atoms. The number of halogens is 4. The summed E-state index contributed by atoms with van der Waals surface area (Å²) in [6.07, 6.45) is -4.08. The first-order valence-corrected chi connectivity index (χ1v) is 5.63. The lowest BCUT2D eigenvalue weighted by atomic mass is 9.99. The van der Waals surface area contributed by atoms with Crippen molar-refractivity contribution in [1.82, 2.24) is 0 Å². The van der Waals surface area contributed by atoms with Crippen molar-refractivity contribution in [2.45, 2.75) is 38.3 Å². The van der Waals surface area contributed by atoms with E-state index in [-0.39, 0.29) is 18.2 Å². The highest BCUT2D eigenvalue weighted by molar-refractivity contribution is 5.85. The monoisotopic (exact) mass is 299 g/mol. The van der Waals surface area contributed by atoms with Crippen LogP contribution in [0.1, 0.15) is 31.4 Å². The summed E-state index contributed by atoms with van der Waals surface area (Å²) >= 11 is 0.